The summed E-state index contributed by atoms with van der Waals surface area (Å²) < 4.78 is 9.11. The van der Waals surface area contributed by atoms with Gasteiger partial charge in [-0.15, -0.1) is 0 Å². The molecule has 3 rings (SSSR count). The lowest BCUT2D eigenvalue weighted by Crippen LogP contribution is -2.44. The highest BCUT2D eigenvalue weighted by Gasteiger charge is 2.23. The Morgan fingerprint density at radius 3 is 1.57 bits per heavy atom. The first kappa shape index (κ1) is 21.8. The topological polar surface area (TPSA) is 53.5 Å². The summed E-state index contributed by atoms with van der Waals surface area (Å²) in [6, 6.07) is 0. The zero-order valence-electron chi connectivity index (χ0n) is 17.0. The van der Waals surface area contributed by atoms with Gasteiger partial charge in [-0.3, -0.25) is 0 Å². The third-order valence-electron chi connectivity index (χ3n) is 4.81. The smallest absolute Gasteiger partial charge is 0.326 e. The number of aromatic nitrogens is 6. The minimum Gasteiger partial charge on any atom is -0.402 e. The molecule has 6 nitrogen and oxygen atoms in total. The molecule has 3 aromatic heterocycles. The third kappa shape index (κ3) is 4.05. The molecular formula is C18H25BBr3N6-. The van der Waals surface area contributed by atoms with Crippen LogP contribution in [0.2, 0.25) is 0 Å². The molecule has 0 aliphatic rings. The minimum absolute atomic E-state index is 0.305. The van der Waals surface area contributed by atoms with E-state index in [4.69, 9.17) is 15.3 Å². The quantitative estimate of drug-likeness (QED) is 0.360. The zero-order valence-corrected chi connectivity index (χ0v) is 21.7. The van der Waals surface area contributed by atoms with E-state index >= 15 is 0 Å². The van der Waals surface area contributed by atoms with Crippen molar-refractivity contribution in [3.63, 3.8) is 0 Å². The second-order valence-electron chi connectivity index (χ2n) is 8.07. The van der Waals surface area contributed by atoms with Gasteiger partial charge >= 0.3 is 7.12 Å². The van der Waals surface area contributed by atoms with E-state index in [2.05, 4.69) is 93.9 Å². The van der Waals surface area contributed by atoms with E-state index in [-0.39, 0.29) is 0 Å². The van der Waals surface area contributed by atoms with Crippen molar-refractivity contribution in [3.8, 4) is 0 Å². The SMILES string of the molecule is CC(C)c1nn([BH-](n2cc(Br)c(C(C)C)n2)n2ncc(Br)c2C(C)C)cc1Br. The van der Waals surface area contributed by atoms with Gasteiger partial charge in [0.05, 0.1) is 31.0 Å². The Morgan fingerprint density at radius 1 is 0.750 bits per heavy atom. The fraction of sp³-hybridized carbons (Fsp3) is 0.500. The van der Waals surface area contributed by atoms with Gasteiger partial charge in [0.1, 0.15) is 0 Å². The Bertz CT molecular complexity index is 920. The van der Waals surface area contributed by atoms with Crippen molar-refractivity contribution in [2.75, 3.05) is 0 Å². The van der Waals surface area contributed by atoms with Crippen LogP contribution in [0.1, 0.15) is 76.4 Å². The Morgan fingerprint density at radius 2 is 1.21 bits per heavy atom. The lowest BCUT2D eigenvalue weighted by Gasteiger charge is -2.30. The van der Waals surface area contributed by atoms with Crippen molar-refractivity contribution in [3.05, 3.63) is 49.1 Å². The number of hydrogen-bond donors (Lipinski definition) is 0. The molecule has 0 saturated heterocycles. The van der Waals surface area contributed by atoms with Crippen LogP contribution in [0, 0.1) is 0 Å². The molecular weight excluding hydrogens is 551 g/mol. The number of hydrogen-bond acceptors (Lipinski definition) is 3. The van der Waals surface area contributed by atoms with Crippen molar-refractivity contribution in [2.24, 2.45) is 0 Å². The molecule has 0 fully saturated rings. The van der Waals surface area contributed by atoms with Gasteiger partial charge < -0.3 is 13.8 Å². The van der Waals surface area contributed by atoms with Gasteiger partial charge in [-0.25, -0.2) is 15.3 Å². The Labute approximate surface area is 191 Å². The Hall–Kier alpha value is -0.865. The van der Waals surface area contributed by atoms with Gasteiger partial charge in [0, 0.05) is 5.69 Å². The summed E-state index contributed by atoms with van der Waals surface area (Å²) in [5.41, 5.74) is 3.20. The lowest BCUT2D eigenvalue weighted by molar-refractivity contribution is 0.691. The summed E-state index contributed by atoms with van der Waals surface area (Å²) >= 11 is 11.0. The zero-order chi connectivity index (χ0) is 20.7. The Balaban J connectivity index is 2.23. The summed E-state index contributed by atoms with van der Waals surface area (Å²) in [6.07, 6.45) is 5.94. The molecule has 0 saturated carbocycles. The maximum Gasteiger partial charge on any atom is 0.326 e. The van der Waals surface area contributed by atoms with Gasteiger partial charge in [0.15, 0.2) is 0 Å². The van der Waals surface area contributed by atoms with Crippen LogP contribution in [0.3, 0.4) is 0 Å². The van der Waals surface area contributed by atoms with Crippen molar-refractivity contribution >= 4 is 54.9 Å². The van der Waals surface area contributed by atoms with E-state index in [1.54, 1.807) is 0 Å². The summed E-state index contributed by atoms with van der Waals surface area (Å²) in [4.78, 5) is 0. The molecule has 3 aromatic rings. The molecule has 3 heterocycles. The summed E-state index contributed by atoms with van der Waals surface area (Å²) in [7, 11) is -1.43. The van der Waals surface area contributed by atoms with Crippen LogP contribution < -0.4 is 0 Å². The highest BCUT2D eigenvalue weighted by molar-refractivity contribution is 9.11. The molecule has 0 spiro atoms. The standard InChI is InChI=1S/C18H25BBr3N6/c1-10(2)16-14(21)8-26(24-16)19(27-9-15(22)17(25-27)11(3)4)28-18(12(5)6)13(20)7-23-28/h7-12,19H,1-6H3/q-1. The number of rotatable bonds is 6. The average Bonchev–Trinajstić information content (AvgIpc) is 3.26. The molecule has 28 heavy (non-hydrogen) atoms. The second-order valence-corrected chi connectivity index (χ2v) is 10.6. The van der Waals surface area contributed by atoms with Crippen molar-refractivity contribution < 1.29 is 0 Å². The van der Waals surface area contributed by atoms with Gasteiger partial charge in [-0.1, -0.05) is 41.5 Å². The summed E-state index contributed by atoms with van der Waals surface area (Å²) in [5, 5.41) is 14.5. The van der Waals surface area contributed by atoms with Crippen LogP contribution in [0.15, 0.2) is 32.0 Å². The van der Waals surface area contributed by atoms with Crippen LogP contribution in [0.4, 0.5) is 0 Å². The molecule has 0 aromatic carbocycles. The predicted octanol–water partition coefficient (Wildman–Crippen LogP) is 5.60. The van der Waals surface area contributed by atoms with Gasteiger partial charge in [-0.2, -0.15) is 0 Å². The first-order chi connectivity index (χ1) is 13.1. The Kier molecular flexibility index (Phi) is 6.61. The van der Waals surface area contributed by atoms with Gasteiger partial charge in [0.25, 0.3) is 0 Å². The molecule has 0 unspecified atom stereocenters. The molecule has 0 atom stereocenters. The fourth-order valence-corrected chi connectivity index (χ4v) is 5.79. The molecule has 0 radical (unpaired) electrons. The first-order valence-corrected chi connectivity index (χ1v) is 11.9. The predicted molar refractivity (Wildman–Crippen MR) is 125 cm³/mol. The summed E-state index contributed by atoms with van der Waals surface area (Å²) in [6.45, 7) is 12.9. The van der Waals surface area contributed by atoms with Crippen LogP contribution in [-0.4, -0.2) is 36.2 Å². The maximum atomic E-state index is 4.91. The van der Waals surface area contributed by atoms with Crippen molar-refractivity contribution in [2.45, 2.75) is 59.3 Å². The van der Waals surface area contributed by atoms with Crippen LogP contribution in [-0.2, 0) is 0 Å². The van der Waals surface area contributed by atoms with Crippen molar-refractivity contribution in [1.82, 2.24) is 29.1 Å². The van der Waals surface area contributed by atoms with E-state index in [0.29, 0.717) is 17.8 Å². The average molecular weight is 576 g/mol. The molecule has 152 valence electrons. The number of halogens is 3. The number of nitrogens with zero attached hydrogens (tertiary/aromatic N) is 6. The van der Waals surface area contributed by atoms with Gasteiger partial charge in [-0.05, 0) is 77.9 Å². The van der Waals surface area contributed by atoms with Crippen LogP contribution in [0.5, 0.6) is 0 Å². The van der Waals surface area contributed by atoms with E-state index in [1.165, 1.54) is 0 Å². The molecule has 0 N–H and O–H groups in total. The van der Waals surface area contributed by atoms with E-state index < -0.39 is 7.12 Å². The van der Waals surface area contributed by atoms with E-state index in [0.717, 1.165) is 30.5 Å². The van der Waals surface area contributed by atoms with Crippen LogP contribution in [0.25, 0.3) is 0 Å². The highest BCUT2D eigenvalue weighted by atomic mass is 79.9. The molecule has 0 bridgehead atoms. The molecule has 0 aliphatic carbocycles. The van der Waals surface area contributed by atoms with E-state index in [9.17, 15) is 0 Å². The third-order valence-corrected chi connectivity index (χ3v) is 6.64. The fourth-order valence-electron chi connectivity index (χ4n) is 3.49. The van der Waals surface area contributed by atoms with E-state index in [1.807, 2.05) is 27.8 Å². The largest absolute Gasteiger partial charge is 0.402 e. The second kappa shape index (κ2) is 8.48. The maximum absolute atomic E-state index is 4.91. The monoisotopic (exact) mass is 573 g/mol. The summed E-state index contributed by atoms with van der Waals surface area (Å²) in [5.74, 6) is 0.944. The molecule has 0 amide bonds. The van der Waals surface area contributed by atoms with Crippen LogP contribution >= 0.6 is 47.8 Å². The van der Waals surface area contributed by atoms with Gasteiger partial charge in [0.2, 0.25) is 0 Å². The minimum atomic E-state index is -1.43. The molecule has 10 heteroatoms. The highest BCUT2D eigenvalue weighted by Crippen LogP contribution is 2.28. The molecule has 0 aliphatic heterocycles. The first-order valence-electron chi connectivity index (χ1n) is 9.51. The normalized spacial score (nSPS) is 12.3. The van der Waals surface area contributed by atoms with Crippen molar-refractivity contribution in [1.29, 1.82) is 0 Å². The lowest BCUT2D eigenvalue weighted by atomic mass is 9.93.